The summed E-state index contributed by atoms with van der Waals surface area (Å²) < 4.78 is 22.8. The molecule has 0 atom stereocenters. The highest BCUT2D eigenvalue weighted by molar-refractivity contribution is 7.89. The van der Waals surface area contributed by atoms with Gasteiger partial charge in [0.1, 0.15) is 0 Å². The van der Waals surface area contributed by atoms with Gasteiger partial charge in [-0.2, -0.15) is 0 Å². The van der Waals surface area contributed by atoms with E-state index in [4.69, 9.17) is 28.3 Å². The van der Waals surface area contributed by atoms with Crippen molar-refractivity contribution in [1.82, 2.24) is 5.32 Å². The van der Waals surface area contributed by atoms with Gasteiger partial charge in [0.25, 0.3) is 5.91 Å². The number of nitrogens with two attached hydrogens (primary N) is 1. The van der Waals surface area contributed by atoms with Crippen molar-refractivity contribution in [3.8, 4) is 0 Å². The summed E-state index contributed by atoms with van der Waals surface area (Å²) in [5.74, 6) is -0.487. The van der Waals surface area contributed by atoms with E-state index in [0.717, 1.165) is 25.0 Å². The van der Waals surface area contributed by atoms with Crippen LogP contribution in [0.25, 0.3) is 0 Å². The molecule has 0 radical (unpaired) electrons. The van der Waals surface area contributed by atoms with E-state index < -0.39 is 21.5 Å². The van der Waals surface area contributed by atoms with Crippen molar-refractivity contribution in [2.24, 2.45) is 5.14 Å². The van der Waals surface area contributed by atoms with Crippen LogP contribution in [0.1, 0.15) is 44.0 Å². The first-order valence-corrected chi connectivity index (χ1v) is 8.68. The van der Waals surface area contributed by atoms with Crippen LogP contribution in [0.5, 0.6) is 0 Å². The molecule has 5 nitrogen and oxygen atoms in total. The molecule has 1 amide bonds. The van der Waals surface area contributed by atoms with Crippen LogP contribution in [-0.4, -0.2) is 19.9 Å². The lowest BCUT2D eigenvalue weighted by atomic mass is 9.95. The molecule has 0 saturated carbocycles. The molecule has 118 valence electrons. The molecule has 3 N–H and O–H groups in total. The minimum atomic E-state index is -3.98. The third-order valence-corrected chi connectivity index (χ3v) is 5.25. The SMILES string of the molecule is CCC(C)(CC)NC(=O)c1cc(S(N)(=O)=O)cc(Cl)c1Cl. The summed E-state index contributed by atoms with van der Waals surface area (Å²) in [6.45, 7) is 5.78. The number of benzene rings is 1. The summed E-state index contributed by atoms with van der Waals surface area (Å²) in [7, 11) is -3.98. The fourth-order valence-electron chi connectivity index (χ4n) is 1.66. The molecule has 0 aromatic heterocycles. The maximum atomic E-state index is 12.3. The van der Waals surface area contributed by atoms with Gasteiger partial charge in [-0.05, 0) is 31.9 Å². The third kappa shape index (κ3) is 4.32. The predicted molar refractivity (Wildman–Crippen MR) is 84.3 cm³/mol. The average molecular weight is 353 g/mol. The Kier molecular flexibility index (Phi) is 5.66. The molecule has 0 saturated heterocycles. The Morgan fingerprint density at radius 2 is 1.81 bits per heavy atom. The van der Waals surface area contributed by atoms with Crippen molar-refractivity contribution < 1.29 is 13.2 Å². The summed E-state index contributed by atoms with van der Waals surface area (Å²) in [6.07, 6.45) is 1.44. The number of carbonyl (C=O) groups is 1. The van der Waals surface area contributed by atoms with Gasteiger partial charge in [-0.15, -0.1) is 0 Å². The second-order valence-electron chi connectivity index (χ2n) is 5.03. The lowest BCUT2D eigenvalue weighted by molar-refractivity contribution is 0.0901. The number of sulfonamides is 1. The molecule has 0 fully saturated rings. The lowest BCUT2D eigenvalue weighted by Crippen LogP contribution is -2.45. The molecular formula is C13H18Cl2N2O3S. The van der Waals surface area contributed by atoms with E-state index in [9.17, 15) is 13.2 Å². The van der Waals surface area contributed by atoms with Crippen molar-refractivity contribution in [2.45, 2.75) is 44.0 Å². The van der Waals surface area contributed by atoms with Crippen LogP contribution in [-0.2, 0) is 10.0 Å². The molecule has 0 aliphatic heterocycles. The van der Waals surface area contributed by atoms with Crippen molar-refractivity contribution >= 4 is 39.1 Å². The van der Waals surface area contributed by atoms with Crippen molar-refractivity contribution in [3.05, 3.63) is 27.7 Å². The topological polar surface area (TPSA) is 89.3 Å². The van der Waals surface area contributed by atoms with Crippen LogP contribution in [0.3, 0.4) is 0 Å². The summed E-state index contributed by atoms with van der Waals surface area (Å²) >= 11 is 11.9. The van der Waals surface area contributed by atoms with Crippen LogP contribution >= 0.6 is 23.2 Å². The van der Waals surface area contributed by atoms with E-state index in [1.165, 1.54) is 0 Å². The molecular weight excluding hydrogens is 335 g/mol. The highest BCUT2D eigenvalue weighted by Crippen LogP contribution is 2.29. The summed E-state index contributed by atoms with van der Waals surface area (Å²) in [6, 6.07) is 2.25. The predicted octanol–water partition coefficient (Wildman–Crippen LogP) is 2.95. The third-order valence-electron chi connectivity index (χ3n) is 3.55. The molecule has 21 heavy (non-hydrogen) atoms. The Labute approximate surface area is 134 Å². The first-order chi connectivity index (χ1) is 9.54. The van der Waals surface area contributed by atoms with Gasteiger partial charge in [0.15, 0.2) is 0 Å². The van der Waals surface area contributed by atoms with Gasteiger partial charge in [0, 0.05) is 5.54 Å². The number of amides is 1. The molecule has 0 spiro atoms. The number of carbonyl (C=O) groups excluding carboxylic acids is 1. The minimum Gasteiger partial charge on any atom is -0.347 e. The second kappa shape index (κ2) is 6.52. The van der Waals surface area contributed by atoms with Gasteiger partial charge in [0.05, 0.1) is 20.5 Å². The minimum absolute atomic E-state index is 0.00359. The second-order valence-corrected chi connectivity index (χ2v) is 7.38. The number of hydrogen-bond donors (Lipinski definition) is 2. The monoisotopic (exact) mass is 352 g/mol. The fraction of sp³-hybridized carbons (Fsp3) is 0.462. The molecule has 1 rings (SSSR count). The Hall–Kier alpha value is -0.820. The van der Waals surface area contributed by atoms with Gasteiger partial charge in [0.2, 0.25) is 10.0 Å². The molecule has 0 aliphatic carbocycles. The van der Waals surface area contributed by atoms with Crippen molar-refractivity contribution in [1.29, 1.82) is 0 Å². The highest BCUT2D eigenvalue weighted by Gasteiger charge is 2.25. The maximum Gasteiger partial charge on any atom is 0.253 e. The number of primary sulfonamides is 1. The average Bonchev–Trinajstić information content (AvgIpc) is 2.40. The molecule has 1 aromatic carbocycles. The van der Waals surface area contributed by atoms with Gasteiger partial charge in [-0.3, -0.25) is 4.79 Å². The molecule has 0 unspecified atom stereocenters. The largest absolute Gasteiger partial charge is 0.347 e. The molecule has 1 aromatic rings. The molecule has 0 bridgehead atoms. The fourth-order valence-corrected chi connectivity index (χ4v) is 2.71. The zero-order chi connectivity index (χ0) is 16.4. The van der Waals surface area contributed by atoms with E-state index in [1.807, 2.05) is 20.8 Å². The smallest absolute Gasteiger partial charge is 0.253 e. The summed E-state index contributed by atoms with van der Waals surface area (Å²) in [5, 5.41) is 7.86. The van der Waals surface area contributed by atoms with Crippen molar-refractivity contribution in [2.75, 3.05) is 0 Å². The van der Waals surface area contributed by atoms with Gasteiger partial charge in [-0.25, -0.2) is 13.6 Å². The standard InChI is InChI=1S/C13H18Cl2N2O3S/c1-4-13(3,5-2)17-12(18)9-6-8(21(16,19)20)7-10(14)11(9)15/h6-7H,4-5H2,1-3H3,(H,17,18)(H2,16,19,20). The first-order valence-electron chi connectivity index (χ1n) is 6.38. The van der Waals surface area contributed by atoms with Crippen LogP contribution < -0.4 is 10.5 Å². The number of nitrogens with one attached hydrogen (secondary N) is 1. The maximum absolute atomic E-state index is 12.3. The first kappa shape index (κ1) is 18.2. The van der Waals surface area contributed by atoms with Crippen LogP contribution in [0.2, 0.25) is 10.0 Å². The Bertz CT molecular complexity index is 656. The van der Waals surface area contributed by atoms with E-state index in [0.29, 0.717) is 0 Å². The zero-order valence-corrected chi connectivity index (χ0v) is 14.4. The highest BCUT2D eigenvalue weighted by atomic mass is 35.5. The Morgan fingerprint density at radius 3 is 2.24 bits per heavy atom. The summed E-state index contributed by atoms with van der Waals surface area (Å²) in [4.78, 5) is 12.1. The van der Waals surface area contributed by atoms with Crippen LogP contribution in [0.4, 0.5) is 0 Å². The van der Waals surface area contributed by atoms with Gasteiger partial charge in [-0.1, -0.05) is 37.0 Å². The van der Waals surface area contributed by atoms with Crippen LogP contribution in [0, 0.1) is 0 Å². The zero-order valence-electron chi connectivity index (χ0n) is 12.0. The van der Waals surface area contributed by atoms with E-state index in [-0.39, 0.29) is 20.5 Å². The molecule has 0 aliphatic rings. The van der Waals surface area contributed by atoms with E-state index in [1.54, 1.807) is 0 Å². The van der Waals surface area contributed by atoms with E-state index >= 15 is 0 Å². The number of rotatable bonds is 5. The van der Waals surface area contributed by atoms with E-state index in [2.05, 4.69) is 5.32 Å². The summed E-state index contributed by atoms with van der Waals surface area (Å²) in [5.41, 5.74) is -0.425. The van der Waals surface area contributed by atoms with Gasteiger partial charge < -0.3 is 5.32 Å². The molecule has 0 heterocycles. The molecule has 8 heteroatoms. The Morgan fingerprint density at radius 1 is 1.29 bits per heavy atom. The lowest BCUT2D eigenvalue weighted by Gasteiger charge is -2.28. The Balaban J connectivity index is 3.30. The normalized spacial score (nSPS) is 12.3. The van der Waals surface area contributed by atoms with Gasteiger partial charge >= 0.3 is 0 Å². The van der Waals surface area contributed by atoms with Crippen LogP contribution in [0.15, 0.2) is 17.0 Å². The number of halogens is 2. The number of hydrogen-bond acceptors (Lipinski definition) is 3. The quantitative estimate of drug-likeness (QED) is 0.853. The van der Waals surface area contributed by atoms with Crippen molar-refractivity contribution in [3.63, 3.8) is 0 Å².